The summed E-state index contributed by atoms with van der Waals surface area (Å²) in [5.74, 6) is 1.26. The van der Waals surface area contributed by atoms with E-state index in [9.17, 15) is 4.79 Å². The number of benzene rings is 2. The highest BCUT2D eigenvalue weighted by Crippen LogP contribution is 2.14. The van der Waals surface area contributed by atoms with Crippen LogP contribution in [0.4, 0.5) is 11.5 Å². The van der Waals surface area contributed by atoms with Gasteiger partial charge in [-0.15, -0.1) is 0 Å². The highest BCUT2D eigenvalue weighted by atomic mass is 16.5. The zero-order valence-corrected chi connectivity index (χ0v) is 16.1. The van der Waals surface area contributed by atoms with E-state index in [4.69, 9.17) is 4.74 Å². The molecule has 28 heavy (non-hydrogen) atoms. The Morgan fingerprint density at radius 2 is 1.89 bits per heavy atom. The normalized spacial score (nSPS) is 10.4. The topological polar surface area (TPSA) is 76.1 Å². The molecule has 0 saturated carbocycles. The lowest BCUT2D eigenvalue weighted by Crippen LogP contribution is -2.20. The predicted octanol–water partition coefficient (Wildman–Crippen LogP) is 3.77. The third-order valence-electron chi connectivity index (χ3n) is 4.07. The van der Waals surface area contributed by atoms with Gasteiger partial charge < -0.3 is 15.4 Å². The van der Waals surface area contributed by atoms with Crippen LogP contribution < -0.4 is 15.4 Å². The zero-order chi connectivity index (χ0) is 19.8. The van der Waals surface area contributed by atoms with Crippen molar-refractivity contribution in [2.24, 2.45) is 0 Å². The van der Waals surface area contributed by atoms with E-state index in [1.54, 1.807) is 12.4 Å². The van der Waals surface area contributed by atoms with E-state index >= 15 is 0 Å². The number of anilines is 2. The summed E-state index contributed by atoms with van der Waals surface area (Å²) in [5, 5.41) is 6.09. The molecule has 0 atom stereocenters. The Kier molecular flexibility index (Phi) is 6.57. The van der Waals surface area contributed by atoms with Crippen LogP contribution in [-0.2, 0) is 11.2 Å². The van der Waals surface area contributed by atoms with Crippen molar-refractivity contribution in [2.45, 2.75) is 20.3 Å². The first-order valence-electron chi connectivity index (χ1n) is 9.19. The lowest BCUT2D eigenvalue weighted by atomic mass is 10.1. The van der Waals surface area contributed by atoms with Gasteiger partial charge in [0.15, 0.2) is 6.61 Å². The van der Waals surface area contributed by atoms with Crippen LogP contribution in [0.1, 0.15) is 16.8 Å². The molecule has 144 valence electrons. The molecule has 0 saturated heterocycles. The molecular weight excluding hydrogens is 352 g/mol. The van der Waals surface area contributed by atoms with E-state index in [1.165, 1.54) is 5.56 Å². The van der Waals surface area contributed by atoms with Crippen LogP contribution >= 0.6 is 0 Å². The number of amides is 1. The summed E-state index contributed by atoms with van der Waals surface area (Å²) in [6.07, 6.45) is 4.29. The third-order valence-corrected chi connectivity index (χ3v) is 4.07. The van der Waals surface area contributed by atoms with Crippen LogP contribution in [0.2, 0.25) is 0 Å². The summed E-state index contributed by atoms with van der Waals surface area (Å²) >= 11 is 0. The summed E-state index contributed by atoms with van der Waals surface area (Å²) in [6, 6.07) is 15.4. The van der Waals surface area contributed by atoms with Crippen LogP contribution in [0.15, 0.2) is 60.9 Å². The second-order valence-electron chi connectivity index (χ2n) is 6.57. The predicted molar refractivity (Wildman–Crippen MR) is 111 cm³/mol. The Labute approximate surface area is 165 Å². The fraction of sp³-hybridized carbons (Fsp3) is 0.227. The van der Waals surface area contributed by atoms with Gasteiger partial charge in [0.2, 0.25) is 0 Å². The average molecular weight is 376 g/mol. The minimum atomic E-state index is -0.182. The Morgan fingerprint density at radius 3 is 2.64 bits per heavy atom. The number of carbonyl (C=O) groups is 1. The summed E-state index contributed by atoms with van der Waals surface area (Å²) in [5.41, 5.74) is 3.93. The molecule has 2 aromatic carbocycles. The van der Waals surface area contributed by atoms with E-state index in [0.717, 1.165) is 35.7 Å². The summed E-state index contributed by atoms with van der Waals surface area (Å²) in [4.78, 5) is 20.5. The van der Waals surface area contributed by atoms with Crippen molar-refractivity contribution in [3.05, 3.63) is 77.7 Å². The molecule has 0 fully saturated rings. The highest BCUT2D eigenvalue weighted by Gasteiger charge is 2.04. The molecule has 6 nitrogen and oxygen atoms in total. The standard InChI is InChI=1S/C22H24N4O2/c1-16-4-3-5-19(12-16)26-22(27)15-28-20-8-6-18(7-9-20)10-11-24-21-14-23-13-17(2)25-21/h3-9,12-14H,10-11,15H2,1-2H3,(H,24,25)(H,26,27). The van der Waals surface area contributed by atoms with Crippen molar-refractivity contribution >= 4 is 17.4 Å². The van der Waals surface area contributed by atoms with Gasteiger partial charge in [0.1, 0.15) is 11.6 Å². The minimum Gasteiger partial charge on any atom is -0.484 e. The average Bonchev–Trinajstić information content (AvgIpc) is 2.67. The third kappa shape index (κ3) is 6.09. The second-order valence-corrected chi connectivity index (χ2v) is 6.57. The second kappa shape index (κ2) is 9.50. The number of hydrogen-bond donors (Lipinski definition) is 2. The van der Waals surface area contributed by atoms with Crippen LogP contribution in [-0.4, -0.2) is 29.0 Å². The number of aromatic nitrogens is 2. The lowest BCUT2D eigenvalue weighted by molar-refractivity contribution is -0.118. The number of nitrogens with zero attached hydrogens (tertiary/aromatic N) is 2. The van der Waals surface area contributed by atoms with Crippen LogP contribution in [0.3, 0.4) is 0 Å². The maximum absolute atomic E-state index is 12.0. The number of nitrogens with one attached hydrogen (secondary N) is 2. The smallest absolute Gasteiger partial charge is 0.262 e. The molecule has 1 amide bonds. The molecule has 3 aromatic rings. The quantitative estimate of drug-likeness (QED) is 0.626. The summed E-state index contributed by atoms with van der Waals surface area (Å²) < 4.78 is 5.57. The molecule has 0 aliphatic carbocycles. The summed E-state index contributed by atoms with van der Waals surface area (Å²) in [7, 11) is 0. The number of ether oxygens (including phenoxy) is 1. The Balaban J connectivity index is 1.42. The van der Waals surface area contributed by atoms with Crippen molar-refractivity contribution in [1.29, 1.82) is 0 Å². The van der Waals surface area contributed by atoms with E-state index in [-0.39, 0.29) is 12.5 Å². The maximum Gasteiger partial charge on any atom is 0.262 e. The van der Waals surface area contributed by atoms with Gasteiger partial charge in [-0.2, -0.15) is 0 Å². The molecule has 0 radical (unpaired) electrons. The first-order chi connectivity index (χ1) is 13.6. The van der Waals surface area contributed by atoms with Crippen LogP contribution in [0.25, 0.3) is 0 Å². The molecule has 0 bridgehead atoms. The van der Waals surface area contributed by atoms with Gasteiger partial charge in [-0.1, -0.05) is 24.3 Å². The number of rotatable bonds is 8. The minimum absolute atomic E-state index is 0.0269. The van der Waals surface area contributed by atoms with E-state index < -0.39 is 0 Å². The van der Waals surface area contributed by atoms with Crippen molar-refractivity contribution in [3.8, 4) is 5.75 Å². The van der Waals surface area contributed by atoms with Gasteiger partial charge in [0, 0.05) is 18.4 Å². The fourth-order valence-corrected chi connectivity index (χ4v) is 2.70. The Morgan fingerprint density at radius 1 is 1.07 bits per heavy atom. The van der Waals surface area contributed by atoms with Crippen LogP contribution in [0.5, 0.6) is 5.75 Å². The lowest BCUT2D eigenvalue weighted by Gasteiger charge is -2.09. The SMILES string of the molecule is Cc1cccc(NC(=O)COc2ccc(CCNc3cncc(C)n3)cc2)c1. The van der Waals surface area contributed by atoms with Crippen molar-refractivity contribution in [1.82, 2.24) is 9.97 Å². The van der Waals surface area contributed by atoms with Gasteiger partial charge in [0.25, 0.3) is 5.91 Å². The molecular formula is C22H24N4O2. The van der Waals surface area contributed by atoms with Crippen molar-refractivity contribution in [3.63, 3.8) is 0 Å². The van der Waals surface area contributed by atoms with Crippen molar-refractivity contribution in [2.75, 3.05) is 23.8 Å². The van der Waals surface area contributed by atoms with E-state index in [0.29, 0.717) is 5.75 Å². The first kappa shape index (κ1) is 19.4. The van der Waals surface area contributed by atoms with Crippen LogP contribution in [0, 0.1) is 13.8 Å². The fourth-order valence-electron chi connectivity index (χ4n) is 2.70. The summed E-state index contributed by atoms with van der Waals surface area (Å²) in [6.45, 7) is 4.63. The molecule has 1 aromatic heterocycles. The van der Waals surface area contributed by atoms with E-state index in [2.05, 4.69) is 20.6 Å². The van der Waals surface area contributed by atoms with Gasteiger partial charge in [-0.05, 0) is 55.7 Å². The molecule has 6 heteroatoms. The molecule has 3 rings (SSSR count). The van der Waals surface area contributed by atoms with Gasteiger partial charge in [0.05, 0.1) is 11.9 Å². The molecule has 1 heterocycles. The first-order valence-corrected chi connectivity index (χ1v) is 9.19. The Bertz CT molecular complexity index is 926. The highest BCUT2D eigenvalue weighted by molar-refractivity contribution is 5.91. The largest absolute Gasteiger partial charge is 0.484 e. The van der Waals surface area contributed by atoms with E-state index in [1.807, 2.05) is 62.4 Å². The molecule has 2 N–H and O–H groups in total. The number of aryl methyl sites for hydroxylation is 2. The monoisotopic (exact) mass is 376 g/mol. The molecule has 0 spiro atoms. The van der Waals surface area contributed by atoms with Gasteiger partial charge in [-0.3, -0.25) is 9.78 Å². The van der Waals surface area contributed by atoms with Gasteiger partial charge in [-0.25, -0.2) is 4.98 Å². The number of carbonyl (C=O) groups excluding carboxylic acids is 1. The molecule has 0 unspecified atom stereocenters. The van der Waals surface area contributed by atoms with Gasteiger partial charge >= 0.3 is 0 Å². The number of hydrogen-bond acceptors (Lipinski definition) is 5. The Hall–Kier alpha value is -3.41. The molecule has 0 aliphatic heterocycles. The zero-order valence-electron chi connectivity index (χ0n) is 16.1. The van der Waals surface area contributed by atoms with Crippen molar-refractivity contribution < 1.29 is 9.53 Å². The maximum atomic E-state index is 12.0. The molecule has 0 aliphatic rings.